The second kappa shape index (κ2) is 10.6. The highest BCUT2D eigenvalue weighted by atomic mass is 16.4. The van der Waals surface area contributed by atoms with E-state index in [0.717, 1.165) is 24.0 Å². The van der Waals surface area contributed by atoms with Gasteiger partial charge >= 0.3 is 0 Å². The first-order chi connectivity index (χ1) is 16.6. The zero-order chi connectivity index (χ0) is 23.9. The van der Waals surface area contributed by atoms with E-state index >= 15 is 0 Å². The van der Waals surface area contributed by atoms with E-state index in [2.05, 4.69) is 25.8 Å². The number of nitrogens with one attached hydrogen (secondary N) is 3. The summed E-state index contributed by atoms with van der Waals surface area (Å²) in [5.74, 6) is -0.0490. The van der Waals surface area contributed by atoms with Crippen molar-refractivity contribution in [2.24, 2.45) is 0 Å². The van der Waals surface area contributed by atoms with Crippen molar-refractivity contribution >= 4 is 11.8 Å². The molecule has 2 aromatic carbocycles. The fourth-order valence-corrected chi connectivity index (χ4v) is 3.53. The molecule has 0 aliphatic heterocycles. The molecular weight excluding hydrogens is 430 g/mol. The largest absolute Gasteiger partial charge is 0.431 e. The van der Waals surface area contributed by atoms with E-state index < -0.39 is 0 Å². The molecule has 4 aromatic rings. The Hall–Kier alpha value is -4.20. The van der Waals surface area contributed by atoms with Crippen LogP contribution in [-0.2, 0) is 6.54 Å². The first-order valence-corrected chi connectivity index (χ1v) is 11.3. The molecule has 0 unspecified atom stereocenters. The van der Waals surface area contributed by atoms with Crippen LogP contribution in [0, 0.1) is 0 Å². The highest BCUT2D eigenvalue weighted by molar-refractivity contribution is 5.93. The molecule has 8 heteroatoms. The van der Waals surface area contributed by atoms with Crippen LogP contribution in [0.1, 0.15) is 53.3 Å². The number of hydrogen-bond acceptors (Lipinski definition) is 5. The lowest BCUT2D eigenvalue weighted by Gasteiger charge is -2.13. The van der Waals surface area contributed by atoms with Crippen LogP contribution in [0.2, 0.25) is 0 Å². The number of rotatable bonds is 9. The lowest BCUT2D eigenvalue weighted by molar-refractivity contribution is 0.0918. The Balaban J connectivity index is 1.45. The minimum atomic E-state index is -0.334. The summed E-state index contributed by atoms with van der Waals surface area (Å²) in [6.45, 7) is 4.48. The van der Waals surface area contributed by atoms with Crippen molar-refractivity contribution in [1.82, 2.24) is 25.8 Å². The van der Waals surface area contributed by atoms with Crippen LogP contribution in [0.15, 0.2) is 71.3 Å². The van der Waals surface area contributed by atoms with E-state index in [1.54, 1.807) is 6.07 Å². The zero-order valence-electron chi connectivity index (χ0n) is 19.2. The number of benzene rings is 2. The quantitative estimate of drug-likeness (QED) is 0.340. The van der Waals surface area contributed by atoms with Crippen LogP contribution >= 0.6 is 0 Å². The van der Waals surface area contributed by atoms with Gasteiger partial charge in [-0.25, -0.2) is 4.98 Å². The Bertz CT molecular complexity index is 1260. The van der Waals surface area contributed by atoms with Gasteiger partial charge in [-0.2, -0.15) is 5.10 Å². The van der Waals surface area contributed by atoms with E-state index in [0.29, 0.717) is 29.4 Å². The van der Waals surface area contributed by atoms with E-state index in [1.807, 2.05) is 68.4 Å². The van der Waals surface area contributed by atoms with Gasteiger partial charge in [-0.3, -0.25) is 14.7 Å². The number of oxazole rings is 1. The Morgan fingerprint density at radius 1 is 0.971 bits per heavy atom. The van der Waals surface area contributed by atoms with E-state index in [9.17, 15) is 9.59 Å². The van der Waals surface area contributed by atoms with Crippen molar-refractivity contribution in [3.63, 3.8) is 0 Å². The zero-order valence-corrected chi connectivity index (χ0v) is 19.2. The van der Waals surface area contributed by atoms with Crippen LogP contribution in [0.3, 0.4) is 0 Å². The van der Waals surface area contributed by atoms with Gasteiger partial charge in [0.2, 0.25) is 11.7 Å². The van der Waals surface area contributed by atoms with Gasteiger partial charge < -0.3 is 15.1 Å². The van der Waals surface area contributed by atoms with Gasteiger partial charge in [-0.05, 0) is 36.6 Å². The second-order valence-corrected chi connectivity index (χ2v) is 7.93. The number of aromatic amines is 1. The van der Waals surface area contributed by atoms with E-state index in [1.165, 1.54) is 6.20 Å². The summed E-state index contributed by atoms with van der Waals surface area (Å²) in [5.41, 5.74) is 3.52. The summed E-state index contributed by atoms with van der Waals surface area (Å²) < 4.78 is 5.71. The molecule has 0 spiro atoms. The van der Waals surface area contributed by atoms with Gasteiger partial charge in [0.25, 0.3) is 11.8 Å². The molecule has 2 amide bonds. The van der Waals surface area contributed by atoms with E-state index in [-0.39, 0.29) is 23.6 Å². The maximum atomic E-state index is 12.5. The molecule has 0 aliphatic rings. The van der Waals surface area contributed by atoms with Crippen molar-refractivity contribution in [3.8, 4) is 22.7 Å². The third-order valence-corrected chi connectivity index (χ3v) is 5.57. The maximum absolute atomic E-state index is 12.5. The van der Waals surface area contributed by atoms with Gasteiger partial charge in [0.1, 0.15) is 5.69 Å². The molecule has 0 saturated carbocycles. The Morgan fingerprint density at radius 2 is 1.74 bits per heavy atom. The number of amides is 2. The van der Waals surface area contributed by atoms with Gasteiger partial charge in [-0.1, -0.05) is 56.3 Å². The van der Waals surface area contributed by atoms with Crippen LogP contribution in [0.25, 0.3) is 22.7 Å². The Labute approximate surface area is 197 Å². The van der Waals surface area contributed by atoms with Crippen LogP contribution in [0.4, 0.5) is 0 Å². The second-order valence-electron chi connectivity index (χ2n) is 7.93. The Kier molecular flexibility index (Phi) is 7.17. The topological polar surface area (TPSA) is 113 Å². The van der Waals surface area contributed by atoms with Crippen molar-refractivity contribution in [3.05, 3.63) is 83.9 Å². The third-order valence-electron chi connectivity index (χ3n) is 5.57. The molecule has 2 heterocycles. The van der Waals surface area contributed by atoms with Crippen LogP contribution in [0.5, 0.6) is 0 Å². The minimum absolute atomic E-state index is 0.131. The molecule has 0 atom stereocenters. The lowest BCUT2D eigenvalue weighted by atomic mass is 10.1. The number of H-pyrrole nitrogens is 1. The first kappa shape index (κ1) is 23.0. The molecule has 0 bridgehead atoms. The van der Waals surface area contributed by atoms with Gasteiger partial charge in [0.15, 0.2) is 0 Å². The van der Waals surface area contributed by atoms with Crippen molar-refractivity contribution in [2.45, 2.75) is 39.3 Å². The summed E-state index contributed by atoms with van der Waals surface area (Å²) >= 11 is 0. The first-order valence-electron chi connectivity index (χ1n) is 11.3. The molecular formula is C26H27N5O3. The molecule has 34 heavy (non-hydrogen) atoms. The predicted octanol–water partition coefficient (Wildman–Crippen LogP) is 4.58. The smallest absolute Gasteiger partial charge is 0.288 e. The summed E-state index contributed by atoms with van der Waals surface area (Å²) in [7, 11) is 0. The summed E-state index contributed by atoms with van der Waals surface area (Å²) in [6.07, 6.45) is 3.15. The van der Waals surface area contributed by atoms with Crippen molar-refractivity contribution in [1.29, 1.82) is 0 Å². The number of hydrogen-bond donors (Lipinski definition) is 3. The molecule has 174 valence electrons. The fraction of sp³-hybridized carbons (Fsp3) is 0.231. The molecule has 3 N–H and O–H groups in total. The van der Waals surface area contributed by atoms with Crippen molar-refractivity contribution < 1.29 is 14.0 Å². The predicted molar refractivity (Wildman–Crippen MR) is 129 cm³/mol. The van der Waals surface area contributed by atoms with Gasteiger partial charge in [0.05, 0.1) is 11.9 Å². The normalized spacial score (nSPS) is 10.9. The molecule has 0 saturated heterocycles. The van der Waals surface area contributed by atoms with Crippen LogP contribution < -0.4 is 10.6 Å². The SMILES string of the molecule is CCC(CC)NC(=O)c1cc(-c2cccc(-c3ncc(C(=O)NCc4ccccc4)o3)c2)n[nH]1. The molecule has 0 fully saturated rings. The fourth-order valence-electron chi connectivity index (χ4n) is 3.53. The lowest BCUT2D eigenvalue weighted by Crippen LogP contribution is -2.33. The molecule has 0 radical (unpaired) electrons. The van der Waals surface area contributed by atoms with Gasteiger partial charge in [-0.15, -0.1) is 0 Å². The minimum Gasteiger partial charge on any atom is -0.431 e. The molecule has 4 rings (SSSR count). The highest BCUT2D eigenvalue weighted by Gasteiger charge is 2.16. The monoisotopic (exact) mass is 457 g/mol. The highest BCUT2D eigenvalue weighted by Crippen LogP contribution is 2.25. The molecule has 2 aromatic heterocycles. The molecule has 8 nitrogen and oxygen atoms in total. The van der Waals surface area contributed by atoms with E-state index in [4.69, 9.17) is 4.42 Å². The average Bonchev–Trinajstić information content (AvgIpc) is 3.57. The summed E-state index contributed by atoms with van der Waals surface area (Å²) in [4.78, 5) is 29.2. The van der Waals surface area contributed by atoms with Crippen LogP contribution in [-0.4, -0.2) is 33.0 Å². The number of carbonyl (C=O) groups excluding carboxylic acids is 2. The molecule has 0 aliphatic carbocycles. The number of aromatic nitrogens is 3. The Morgan fingerprint density at radius 3 is 2.50 bits per heavy atom. The maximum Gasteiger partial charge on any atom is 0.288 e. The standard InChI is InChI=1S/C26H27N5O3/c1-3-20(4-2)29-24(32)22-14-21(30-31-22)18-11-8-12-19(13-18)26-28-16-23(34-26)25(33)27-15-17-9-6-5-7-10-17/h5-14,16,20H,3-4,15H2,1-2H3,(H,27,33)(H,29,32)(H,30,31). The summed E-state index contributed by atoms with van der Waals surface area (Å²) in [6, 6.07) is 18.9. The number of carbonyl (C=O) groups is 2. The third kappa shape index (κ3) is 5.40. The average molecular weight is 458 g/mol. The summed E-state index contributed by atoms with van der Waals surface area (Å²) in [5, 5.41) is 12.9. The van der Waals surface area contributed by atoms with Crippen molar-refractivity contribution in [2.75, 3.05) is 0 Å². The number of nitrogens with zero attached hydrogens (tertiary/aromatic N) is 2. The van der Waals surface area contributed by atoms with Gasteiger partial charge in [0, 0.05) is 23.7 Å².